The van der Waals surface area contributed by atoms with Crippen molar-refractivity contribution in [2.24, 2.45) is 0 Å². The van der Waals surface area contributed by atoms with Crippen molar-refractivity contribution < 1.29 is 36.1 Å². The summed E-state index contributed by atoms with van der Waals surface area (Å²) >= 11 is 11.1. The monoisotopic (exact) mass is 384 g/mol. The molecule has 0 aliphatic heterocycles. The van der Waals surface area contributed by atoms with Crippen molar-refractivity contribution in [1.82, 2.24) is 5.32 Å². The normalized spacial score (nSPS) is 12.9. The highest BCUT2D eigenvalue weighted by molar-refractivity contribution is 6.35. The van der Waals surface area contributed by atoms with E-state index in [2.05, 4.69) is 4.98 Å². The van der Waals surface area contributed by atoms with Crippen molar-refractivity contribution >= 4 is 34.9 Å². The molecule has 0 radical (unpaired) electrons. The number of rotatable bonds is 4. The third-order valence-corrected chi connectivity index (χ3v) is 3.19. The van der Waals surface area contributed by atoms with Crippen LogP contribution < -0.4 is 15.6 Å². The van der Waals surface area contributed by atoms with E-state index in [0.717, 1.165) is 24.5 Å². The van der Waals surface area contributed by atoms with Gasteiger partial charge in [0.2, 0.25) is 5.91 Å². The van der Waals surface area contributed by atoms with Crippen LogP contribution in [0.25, 0.3) is 0 Å². The van der Waals surface area contributed by atoms with E-state index in [0.29, 0.717) is 0 Å². The van der Waals surface area contributed by atoms with E-state index in [1.54, 1.807) is 0 Å². The summed E-state index contributed by atoms with van der Waals surface area (Å²) in [5.74, 6) is -2.28. The molecule has 1 aromatic heterocycles. The number of aromatic nitrogens is 1. The molecule has 0 saturated heterocycles. The van der Waals surface area contributed by atoms with Gasteiger partial charge < -0.3 is 0 Å². The maximum atomic E-state index is 13.2. The van der Waals surface area contributed by atoms with Crippen LogP contribution in [0.5, 0.6) is 0 Å². The van der Waals surface area contributed by atoms with Crippen LogP contribution in [-0.4, -0.2) is 23.9 Å². The number of amides is 1. The highest BCUT2D eigenvalue weighted by Gasteiger charge is 2.76. The van der Waals surface area contributed by atoms with Crippen molar-refractivity contribution in [1.29, 1.82) is 0 Å². The number of halogens is 8. The molecule has 0 aliphatic rings. The molecule has 1 amide bonds. The van der Waals surface area contributed by atoms with Crippen LogP contribution in [0.4, 0.5) is 32.2 Å². The van der Waals surface area contributed by atoms with Crippen molar-refractivity contribution in [3.8, 4) is 0 Å². The van der Waals surface area contributed by atoms with E-state index in [1.165, 1.54) is 5.32 Å². The van der Waals surface area contributed by atoms with E-state index in [1.807, 2.05) is 0 Å². The van der Waals surface area contributed by atoms with Crippen LogP contribution in [0.3, 0.4) is 0 Å². The van der Waals surface area contributed by atoms with Gasteiger partial charge in [-0.25, -0.2) is 10.3 Å². The number of carbonyl (C=O) groups is 1. The Kier molecular flexibility index (Phi) is 5.63. The predicted molar refractivity (Wildman–Crippen MR) is 69.9 cm³/mol. The number of alkyl halides is 6. The largest absolute Gasteiger partial charge is 0.462 e. The molecule has 23 heavy (non-hydrogen) atoms. The Bertz CT molecular complexity index is 576. The average molecular weight is 385 g/mol. The molecule has 4 nitrogen and oxygen atoms in total. The fourth-order valence-corrected chi connectivity index (χ4v) is 1.94. The molecule has 1 aromatic rings. The van der Waals surface area contributed by atoms with Gasteiger partial charge in [-0.2, -0.15) is 26.3 Å². The number of carbonyl (C=O) groups excluding carboxylic acids is 1. The summed E-state index contributed by atoms with van der Waals surface area (Å²) in [5.41, 5.74) is -4.72. The Morgan fingerprint density at radius 3 is 2.09 bits per heavy atom. The minimum Gasteiger partial charge on any atom is -0.300 e. The number of nitrogens with one attached hydrogen (secondary N) is 3. The second kappa shape index (κ2) is 6.60. The van der Waals surface area contributed by atoms with E-state index in [4.69, 9.17) is 23.2 Å². The molecule has 0 spiro atoms. The molecule has 12 heteroatoms. The Labute approximate surface area is 136 Å². The van der Waals surface area contributed by atoms with E-state index >= 15 is 0 Å². The van der Waals surface area contributed by atoms with Crippen molar-refractivity contribution in [3.63, 3.8) is 0 Å². The fourth-order valence-electron chi connectivity index (χ4n) is 1.50. The maximum absolute atomic E-state index is 13.2. The van der Waals surface area contributed by atoms with Gasteiger partial charge in [-0.05, 0) is 6.07 Å². The lowest BCUT2D eigenvalue weighted by Gasteiger charge is -2.34. The second-order valence-electron chi connectivity index (χ2n) is 4.31. The van der Waals surface area contributed by atoms with Gasteiger partial charge in [0.25, 0.3) is 5.82 Å². The van der Waals surface area contributed by atoms with Crippen LogP contribution in [0, 0.1) is 0 Å². The summed E-state index contributed by atoms with van der Waals surface area (Å²) < 4.78 is 79.1. The van der Waals surface area contributed by atoms with Gasteiger partial charge in [-0.1, -0.05) is 30.1 Å². The predicted octanol–water partition coefficient (Wildman–Crippen LogP) is 3.57. The molecule has 0 fully saturated rings. The van der Waals surface area contributed by atoms with Gasteiger partial charge in [0.05, 0.1) is 5.02 Å². The van der Waals surface area contributed by atoms with Crippen molar-refractivity contribution in [2.45, 2.75) is 31.4 Å². The standard InChI is InChI=1S/C11H9Cl2F6N3O/c1-2-7(23)21-9(10(14,15)16,11(17,18)19)22-8-6(13)3-5(12)4-20-8/h3-4H,2H2,1H3,(H,20,22)(H,21,23)/p+1. The molecule has 0 bridgehead atoms. The average Bonchev–Trinajstić information content (AvgIpc) is 2.37. The summed E-state index contributed by atoms with van der Waals surface area (Å²) in [5, 5.41) is 1.58. The number of H-pyrrole nitrogens is 1. The summed E-state index contributed by atoms with van der Waals surface area (Å²) in [6.07, 6.45) is -11.5. The second-order valence-corrected chi connectivity index (χ2v) is 5.16. The van der Waals surface area contributed by atoms with Crippen molar-refractivity contribution in [3.05, 3.63) is 22.3 Å². The number of aromatic amines is 1. The molecule has 130 valence electrons. The van der Waals surface area contributed by atoms with Crippen LogP contribution in [0.1, 0.15) is 13.3 Å². The molecule has 0 atom stereocenters. The van der Waals surface area contributed by atoms with Gasteiger partial charge in [0.15, 0.2) is 0 Å². The van der Waals surface area contributed by atoms with Gasteiger partial charge >= 0.3 is 18.0 Å². The van der Waals surface area contributed by atoms with Gasteiger partial charge in [-0.3, -0.25) is 10.1 Å². The molecule has 0 unspecified atom stereocenters. The third kappa shape index (κ3) is 4.11. The fraction of sp³-hybridized carbons (Fsp3) is 0.455. The summed E-state index contributed by atoms with van der Waals surface area (Å²) in [6.45, 7) is 1.11. The molecular weight excluding hydrogens is 375 g/mol. The first-order valence-electron chi connectivity index (χ1n) is 5.93. The topological polar surface area (TPSA) is 55.3 Å². The van der Waals surface area contributed by atoms with Crippen LogP contribution in [0.2, 0.25) is 10.0 Å². The summed E-state index contributed by atoms with van der Waals surface area (Å²) in [6, 6.07) is 0.932. The molecule has 0 aromatic carbocycles. The van der Waals surface area contributed by atoms with Crippen molar-refractivity contribution in [2.75, 3.05) is 5.32 Å². The molecule has 0 saturated carbocycles. The Morgan fingerprint density at radius 1 is 1.17 bits per heavy atom. The lowest BCUT2D eigenvalue weighted by atomic mass is 10.1. The third-order valence-electron chi connectivity index (χ3n) is 2.67. The van der Waals surface area contributed by atoms with Crippen LogP contribution in [-0.2, 0) is 4.79 Å². The maximum Gasteiger partial charge on any atom is 0.462 e. The first-order chi connectivity index (χ1) is 10.3. The first kappa shape index (κ1) is 19.6. The quantitative estimate of drug-likeness (QED) is 0.615. The zero-order valence-electron chi connectivity index (χ0n) is 11.3. The lowest BCUT2D eigenvalue weighted by Crippen LogP contribution is -2.72. The highest BCUT2D eigenvalue weighted by atomic mass is 35.5. The number of hydrogen-bond acceptors (Lipinski definition) is 2. The number of pyridine rings is 1. The van der Waals surface area contributed by atoms with Gasteiger partial charge in [-0.15, -0.1) is 0 Å². The zero-order chi connectivity index (χ0) is 18.1. The number of anilines is 1. The molecule has 1 rings (SSSR count). The van der Waals surface area contributed by atoms with Gasteiger partial charge in [0.1, 0.15) is 11.2 Å². The van der Waals surface area contributed by atoms with Crippen LogP contribution in [0.15, 0.2) is 12.3 Å². The first-order valence-corrected chi connectivity index (χ1v) is 6.69. The van der Waals surface area contributed by atoms with E-state index in [-0.39, 0.29) is 5.02 Å². The molecule has 1 heterocycles. The summed E-state index contributed by atoms with van der Waals surface area (Å²) in [4.78, 5) is 13.3. The van der Waals surface area contributed by atoms with E-state index in [9.17, 15) is 31.1 Å². The minimum atomic E-state index is -5.91. The Balaban J connectivity index is 3.46. The minimum absolute atomic E-state index is 0.0391. The molecule has 3 N–H and O–H groups in total. The molecule has 0 aliphatic carbocycles. The zero-order valence-corrected chi connectivity index (χ0v) is 12.8. The van der Waals surface area contributed by atoms with E-state index < -0.39 is 41.2 Å². The Morgan fingerprint density at radius 2 is 1.70 bits per heavy atom. The number of hydrogen-bond donors (Lipinski definition) is 2. The van der Waals surface area contributed by atoms with Gasteiger partial charge in [0, 0.05) is 6.42 Å². The molecular formula is C11H10Cl2F6N3O+. The smallest absolute Gasteiger partial charge is 0.300 e. The Hall–Kier alpha value is -1.42. The summed E-state index contributed by atoms with van der Waals surface area (Å²) in [7, 11) is 0. The lowest BCUT2D eigenvalue weighted by molar-refractivity contribution is -0.367. The van der Waals surface area contributed by atoms with Crippen LogP contribution >= 0.6 is 23.2 Å². The highest BCUT2D eigenvalue weighted by Crippen LogP contribution is 2.43. The SMILES string of the molecule is CCC(=O)NC(Nc1[nH+]cc(Cl)cc1Cl)(C(F)(F)F)C(F)(F)F.